The van der Waals surface area contributed by atoms with Crippen molar-refractivity contribution in [3.8, 4) is 0 Å². The van der Waals surface area contributed by atoms with Crippen molar-refractivity contribution >= 4 is 26.7 Å². The Morgan fingerprint density at radius 2 is 2.05 bits per heavy atom. The maximum absolute atomic E-state index is 4.70. The molecule has 1 aliphatic carbocycles. The van der Waals surface area contributed by atoms with Crippen molar-refractivity contribution in [2.24, 2.45) is 11.8 Å². The Morgan fingerprint density at radius 1 is 1.21 bits per heavy atom. The number of benzene rings is 1. The minimum Gasteiger partial charge on any atom is -0.359 e. The molecule has 3 atom stereocenters. The molecule has 3 unspecified atom stereocenters. The van der Waals surface area contributed by atoms with E-state index in [2.05, 4.69) is 44.3 Å². The standard InChI is InChI=1S/C16H22N2S/c1-10-4-7-14-15(8-10)19-16(18-14)17-13-6-5-11(2)12(3)9-13/h4,7-8,11-13H,5-6,9H2,1-3H3,(H,17,18). The number of hydrogen-bond acceptors (Lipinski definition) is 3. The summed E-state index contributed by atoms with van der Waals surface area (Å²) in [5.41, 5.74) is 2.43. The fourth-order valence-corrected chi connectivity index (χ4v) is 3.99. The maximum Gasteiger partial charge on any atom is 0.184 e. The number of anilines is 1. The smallest absolute Gasteiger partial charge is 0.184 e. The van der Waals surface area contributed by atoms with Gasteiger partial charge >= 0.3 is 0 Å². The van der Waals surface area contributed by atoms with Crippen LogP contribution < -0.4 is 5.32 Å². The van der Waals surface area contributed by atoms with Gasteiger partial charge in [-0.15, -0.1) is 0 Å². The number of nitrogens with zero attached hydrogens (tertiary/aromatic N) is 1. The summed E-state index contributed by atoms with van der Waals surface area (Å²) in [6.45, 7) is 6.89. The minimum absolute atomic E-state index is 0.604. The average molecular weight is 274 g/mol. The largest absolute Gasteiger partial charge is 0.359 e. The predicted molar refractivity (Wildman–Crippen MR) is 83.9 cm³/mol. The number of aromatic nitrogens is 1. The van der Waals surface area contributed by atoms with E-state index >= 15 is 0 Å². The van der Waals surface area contributed by atoms with Crippen molar-refractivity contribution in [3.63, 3.8) is 0 Å². The van der Waals surface area contributed by atoms with Gasteiger partial charge in [-0.25, -0.2) is 4.98 Å². The number of thiazole rings is 1. The van der Waals surface area contributed by atoms with Gasteiger partial charge < -0.3 is 5.32 Å². The molecule has 2 aromatic rings. The van der Waals surface area contributed by atoms with Gasteiger partial charge in [0.2, 0.25) is 0 Å². The van der Waals surface area contributed by atoms with Gasteiger partial charge in [0.25, 0.3) is 0 Å². The first-order chi connectivity index (χ1) is 9.11. The lowest BCUT2D eigenvalue weighted by Crippen LogP contribution is -2.30. The van der Waals surface area contributed by atoms with Gasteiger partial charge in [-0.3, -0.25) is 0 Å². The summed E-state index contributed by atoms with van der Waals surface area (Å²) in [5, 5.41) is 4.74. The fraction of sp³-hybridized carbons (Fsp3) is 0.562. The van der Waals surface area contributed by atoms with E-state index in [1.54, 1.807) is 11.3 Å². The van der Waals surface area contributed by atoms with Crippen LogP contribution in [0.5, 0.6) is 0 Å². The van der Waals surface area contributed by atoms with Crippen molar-refractivity contribution in [2.45, 2.75) is 46.1 Å². The molecule has 0 radical (unpaired) electrons. The predicted octanol–water partition coefficient (Wildman–Crippen LogP) is 4.84. The van der Waals surface area contributed by atoms with Crippen molar-refractivity contribution < 1.29 is 0 Å². The molecule has 2 nitrogen and oxygen atoms in total. The van der Waals surface area contributed by atoms with E-state index in [0.29, 0.717) is 6.04 Å². The molecule has 1 N–H and O–H groups in total. The summed E-state index contributed by atoms with van der Waals surface area (Å²) < 4.78 is 1.29. The maximum atomic E-state index is 4.70. The van der Waals surface area contributed by atoms with Crippen LogP contribution in [0.25, 0.3) is 10.2 Å². The lowest BCUT2D eigenvalue weighted by molar-refractivity contribution is 0.261. The molecule has 1 heterocycles. The number of nitrogens with one attached hydrogen (secondary N) is 1. The van der Waals surface area contributed by atoms with Gasteiger partial charge in [0.15, 0.2) is 5.13 Å². The van der Waals surface area contributed by atoms with Crippen LogP contribution >= 0.6 is 11.3 Å². The summed E-state index contributed by atoms with van der Waals surface area (Å²) in [6.07, 6.45) is 3.89. The van der Waals surface area contributed by atoms with Gasteiger partial charge in [-0.05, 0) is 55.7 Å². The van der Waals surface area contributed by atoms with Gasteiger partial charge in [-0.1, -0.05) is 31.3 Å². The Morgan fingerprint density at radius 3 is 2.84 bits per heavy atom. The van der Waals surface area contributed by atoms with E-state index in [4.69, 9.17) is 4.98 Å². The van der Waals surface area contributed by atoms with Crippen molar-refractivity contribution in [3.05, 3.63) is 23.8 Å². The normalized spacial score (nSPS) is 27.6. The molecule has 1 aromatic heterocycles. The molecule has 1 aliphatic rings. The number of fused-ring (bicyclic) bond motifs is 1. The van der Waals surface area contributed by atoms with E-state index in [9.17, 15) is 0 Å². The summed E-state index contributed by atoms with van der Waals surface area (Å²) in [6, 6.07) is 7.09. The van der Waals surface area contributed by atoms with Crippen molar-refractivity contribution in [2.75, 3.05) is 5.32 Å². The molecule has 1 saturated carbocycles. The molecular weight excluding hydrogens is 252 g/mol. The highest BCUT2D eigenvalue weighted by atomic mass is 32.1. The van der Waals surface area contributed by atoms with E-state index in [-0.39, 0.29) is 0 Å². The highest BCUT2D eigenvalue weighted by molar-refractivity contribution is 7.22. The van der Waals surface area contributed by atoms with Crippen LogP contribution in [0.3, 0.4) is 0 Å². The molecule has 0 spiro atoms. The summed E-state index contributed by atoms with van der Waals surface area (Å²) in [7, 11) is 0. The Kier molecular flexibility index (Phi) is 3.48. The van der Waals surface area contributed by atoms with Gasteiger partial charge in [0.1, 0.15) is 0 Å². The SMILES string of the molecule is Cc1ccc2nc(NC3CCC(C)C(C)C3)sc2c1. The van der Waals surface area contributed by atoms with Crippen LogP contribution in [-0.2, 0) is 0 Å². The highest BCUT2D eigenvalue weighted by Crippen LogP contribution is 2.33. The lowest BCUT2D eigenvalue weighted by Gasteiger charge is -2.32. The summed E-state index contributed by atoms with van der Waals surface area (Å²) >= 11 is 1.78. The Hall–Kier alpha value is -1.09. The average Bonchev–Trinajstić information content (AvgIpc) is 2.75. The van der Waals surface area contributed by atoms with Crippen molar-refractivity contribution in [1.82, 2.24) is 4.98 Å². The Balaban J connectivity index is 1.74. The molecule has 1 fully saturated rings. The number of hydrogen-bond donors (Lipinski definition) is 1. The second-order valence-corrected chi connectivity index (χ2v) is 7.13. The molecule has 0 amide bonds. The lowest BCUT2D eigenvalue weighted by atomic mass is 9.79. The topological polar surface area (TPSA) is 24.9 Å². The fourth-order valence-electron chi connectivity index (χ4n) is 2.95. The monoisotopic (exact) mass is 274 g/mol. The van der Waals surface area contributed by atoms with E-state index in [1.165, 1.54) is 29.5 Å². The molecule has 3 rings (SSSR count). The van der Waals surface area contributed by atoms with Crippen LogP contribution in [-0.4, -0.2) is 11.0 Å². The molecule has 0 saturated heterocycles. The third kappa shape index (κ3) is 2.76. The van der Waals surface area contributed by atoms with E-state index in [1.807, 2.05) is 0 Å². The second kappa shape index (κ2) is 5.12. The highest BCUT2D eigenvalue weighted by Gasteiger charge is 2.24. The first-order valence-corrected chi connectivity index (χ1v) is 8.07. The summed E-state index contributed by atoms with van der Waals surface area (Å²) in [4.78, 5) is 4.70. The van der Waals surface area contributed by atoms with Crippen LogP contribution in [0.15, 0.2) is 18.2 Å². The van der Waals surface area contributed by atoms with Crippen LogP contribution in [0, 0.1) is 18.8 Å². The van der Waals surface area contributed by atoms with Crippen LogP contribution in [0.4, 0.5) is 5.13 Å². The quantitative estimate of drug-likeness (QED) is 0.847. The molecule has 1 aromatic carbocycles. The first kappa shape index (κ1) is 12.9. The third-order valence-electron chi connectivity index (χ3n) is 4.47. The molecule has 0 aliphatic heterocycles. The third-order valence-corrected chi connectivity index (χ3v) is 5.42. The van der Waals surface area contributed by atoms with E-state index < -0.39 is 0 Å². The Bertz CT molecular complexity index is 575. The van der Waals surface area contributed by atoms with Crippen LogP contribution in [0.2, 0.25) is 0 Å². The number of rotatable bonds is 2. The molecule has 0 bridgehead atoms. The molecule has 19 heavy (non-hydrogen) atoms. The van der Waals surface area contributed by atoms with E-state index in [0.717, 1.165) is 22.5 Å². The zero-order valence-electron chi connectivity index (χ0n) is 11.9. The van der Waals surface area contributed by atoms with Gasteiger partial charge in [0.05, 0.1) is 10.2 Å². The minimum atomic E-state index is 0.604. The molecular formula is C16H22N2S. The number of aryl methyl sites for hydroxylation is 1. The summed E-state index contributed by atoms with van der Waals surface area (Å²) in [5.74, 6) is 1.69. The second-order valence-electron chi connectivity index (χ2n) is 6.10. The molecule has 102 valence electrons. The zero-order valence-corrected chi connectivity index (χ0v) is 12.8. The molecule has 3 heteroatoms. The first-order valence-electron chi connectivity index (χ1n) is 7.25. The van der Waals surface area contributed by atoms with Crippen molar-refractivity contribution in [1.29, 1.82) is 0 Å². The zero-order chi connectivity index (χ0) is 13.4. The van der Waals surface area contributed by atoms with Gasteiger partial charge in [-0.2, -0.15) is 0 Å². The Labute approximate surface area is 119 Å². The van der Waals surface area contributed by atoms with Gasteiger partial charge in [0, 0.05) is 6.04 Å². The van der Waals surface area contributed by atoms with Crippen LogP contribution in [0.1, 0.15) is 38.7 Å².